The summed E-state index contributed by atoms with van der Waals surface area (Å²) in [5.41, 5.74) is 3.40. The number of hydrogen-bond donors (Lipinski definition) is 1. The maximum Gasteiger partial charge on any atom is 0.356 e. The number of carboxylic acid groups (broad SMARTS) is 1. The molecule has 0 amide bonds. The van der Waals surface area contributed by atoms with Crippen LogP contribution in [-0.2, 0) is 12.8 Å². The van der Waals surface area contributed by atoms with Gasteiger partial charge in [0.05, 0.1) is 5.69 Å². The number of aromatic nitrogens is 2. The first-order valence-electron chi connectivity index (χ1n) is 6.68. The lowest BCUT2D eigenvalue weighted by Crippen LogP contribution is -2.09. The number of fused-ring (bicyclic) bond motifs is 1. The van der Waals surface area contributed by atoms with E-state index in [1.54, 1.807) is 17.7 Å². The highest BCUT2D eigenvalue weighted by molar-refractivity contribution is 5.87. The van der Waals surface area contributed by atoms with E-state index in [-0.39, 0.29) is 11.5 Å². The van der Waals surface area contributed by atoms with Crippen molar-refractivity contribution in [2.24, 2.45) is 0 Å². The van der Waals surface area contributed by atoms with Gasteiger partial charge in [0.25, 0.3) is 0 Å². The van der Waals surface area contributed by atoms with Crippen molar-refractivity contribution in [3.63, 3.8) is 0 Å². The summed E-state index contributed by atoms with van der Waals surface area (Å²) in [5.74, 6) is -1.30. The van der Waals surface area contributed by atoms with Crippen molar-refractivity contribution in [2.75, 3.05) is 0 Å². The van der Waals surface area contributed by atoms with Gasteiger partial charge in [-0.25, -0.2) is 13.9 Å². The molecule has 0 atom stereocenters. The fourth-order valence-corrected chi connectivity index (χ4v) is 2.83. The number of nitrogens with zero attached hydrogens (tertiary/aromatic N) is 2. The van der Waals surface area contributed by atoms with Crippen molar-refractivity contribution in [3.8, 4) is 5.69 Å². The predicted molar refractivity (Wildman–Crippen MR) is 71.9 cm³/mol. The lowest BCUT2D eigenvalue weighted by Gasteiger charge is -2.15. The molecule has 1 aliphatic rings. The number of hydrogen-bond acceptors (Lipinski definition) is 2. The van der Waals surface area contributed by atoms with E-state index in [0.717, 1.165) is 48.2 Å². The Bertz CT molecular complexity index is 691. The van der Waals surface area contributed by atoms with E-state index in [2.05, 4.69) is 5.10 Å². The standard InChI is InChI=1S/C15H15FN2O2/c1-9-8-10(16)6-7-12(9)18-13-5-3-2-4-11(13)14(17-18)15(19)20/h6-8H,2-5H2,1H3,(H,19,20). The quantitative estimate of drug-likeness (QED) is 0.916. The molecule has 4 nitrogen and oxygen atoms in total. The minimum Gasteiger partial charge on any atom is -0.476 e. The molecule has 0 unspecified atom stereocenters. The smallest absolute Gasteiger partial charge is 0.356 e. The summed E-state index contributed by atoms with van der Waals surface area (Å²) in [4.78, 5) is 11.3. The van der Waals surface area contributed by atoms with E-state index < -0.39 is 5.97 Å². The van der Waals surface area contributed by atoms with Gasteiger partial charge in [-0.2, -0.15) is 5.10 Å². The van der Waals surface area contributed by atoms with Crippen molar-refractivity contribution in [1.29, 1.82) is 0 Å². The molecular formula is C15H15FN2O2. The minimum absolute atomic E-state index is 0.128. The Labute approximate surface area is 115 Å². The van der Waals surface area contributed by atoms with Crippen LogP contribution in [0.3, 0.4) is 0 Å². The van der Waals surface area contributed by atoms with Crippen LogP contribution in [0.1, 0.15) is 40.2 Å². The molecule has 1 N–H and O–H groups in total. The second kappa shape index (κ2) is 4.74. The van der Waals surface area contributed by atoms with E-state index in [9.17, 15) is 14.3 Å². The van der Waals surface area contributed by atoms with Gasteiger partial charge in [0, 0.05) is 11.3 Å². The molecule has 1 aliphatic carbocycles. The summed E-state index contributed by atoms with van der Waals surface area (Å²) in [7, 11) is 0. The maximum absolute atomic E-state index is 13.2. The second-order valence-electron chi connectivity index (χ2n) is 5.13. The van der Waals surface area contributed by atoms with Gasteiger partial charge in [-0.05, 0) is 56.4 Å². The molecule has 0 radical (unpaired) electrons. The van der Waals surface area contributed by atoms with Gasteiger partial charge in [0.15, 0.2) is 5.69 Å². The third-order valence-corrected chi connectivity index (χ3v) is 3.77. The van der Waals surface area contributed by atoms with Crippen LogP contribution in [0.25, 0.3) is 5.69 Å². The first-order chi connectivity index (χ1) is 9.58. The van der Waals surface area contributed by atoms with Crippen molar-refractivity contribution in [2.45, 2.75) is 32.6 Å². The monoisotopic (exact) mass is 274 g/mol. The average molecular weight is 274 g/mol. The van der Waals surface area contributed by atoms with E-state index in [0.29, 0.717) is 0 Å². The summed E-state index contributed by atoms with van der Waals surface area (Å²) in [6.07, 6.45) is 3.57. The first kappa shape index (κ1) is 12.8. The zero-order valence-electron chi connectivity index (χ0n) is 11.2. The topological polar surface area (TPSA) is 55.1 Å². The first-order valence-corrected chi connectivity index (χ1v) is 6.68. The summed E-state index contributed by atoms with van der Waals surface area (Å²) < 4.78 is 14.9. The van der Waals surface area contributed by atoms with Crippen LogP contribution in [0.4, 0.5) is 4.39 Å². The van der Waals surface area contributed by atoms with E-state index in [4.69, 9.17) is 0 Å². The fourth-order valence-electron chi connectivity index (χ4n) is 2.83. The molecule has 0 spiro atoms. The van der Waals surface area contributed by atoms with E-state index in [1.165, 1.54) is 12.1 Å². The molecule has 104 valence electrons. The summed E-state index contributed by atoms with van der Waals surface area (Å²) in [6, 6.07) is 4.46. The molecule has 2 aromatic rings. The fraction of sp³-hybridized carbons (Fsp3) is 0.333. The van der Waals surface area contributed by atoms with Crippen LogP contribution in [0.5, 0.6) is 0 Å². The van der Waals surface area contributed by atoms with Gasteiger partial charge in [-0.1, -0.05) is 0 Å². The van der Waals surface area contributed by atoms with Gasteiger partial charge in [0.1, 0.15) is 5.82 Å². The van der Waals surface area contributed by atoms with E-state index >= 15 is 0 Å². The Morgan fingerprint density at radius 2 is 2.10 bits per heavy atom. The Kier molecular flexibility index (Phi) is 3.04. The van der Waals surface area contributed by atoms with Crippen molar-refractivity contribution >= 4 is 5.97 Å². The van der Waals surface area contributed by atoms with Gasteiger partial charge < -0.3 is 5.11 Å². The van der Waals surface area contributed by atoms with Gasteiger partial charge in [0.2, 0.25) is 0 Å². The molecule has 3 rings (SSSR count). The predicted octanol–water partition coefficient (Wildman–Crippen LogP) is 2.90. The van der Waals surface area contributed by atoms with Crippen LogP contribution in [-0.4, -0.2) is 20.9 Å². The highest BCUT2D eigenvalue weighted by Gasteiger charge is 2.25. The third-order valence-electron chi connectivity index (χ3n) is 3.77. The van der Waals surface area contributed by atoms with Gasteiger partial charge >= 0.3 is 5.97 Å². The van der Waals surface area contributed by atoms with Crippen LogP contribution in [0.15, 0.2) is 18.2 Å². The second-order valence-corrected chi connectivity index (χ2v) is 5.13. The number of aryl methyl sites for hydroxylation is 1. The lowest BCUT2D eigenvalue weighted by molar-refractivity contribution is 0.0688. The molecule has 0 fully saturated rings. The SMILES string of the molecule is Cc1cc(F)ccc1-n1nc(C(=O)O)c2c1CCCC2. The summed E-state index contributed by atoms with van der Waals surface area (Å²) in [6.45, 7) is 1.80. The zero-order chi connectivity index (χ0) is 14.3. The Balaban J connectivity index is 2.21. The molecular weight excluding hydrogens is 259 g/mol. The largest absolute Gasteiger partial charge is 0.476 e. The Hall–Kier alpha value is -2.17. The lowest BCUT2D eigenvalue weighted by atomic mass is 9.95. The number of halogens is 1. The normalized spacial score (nSPS) is 14.1. The minimum atomic E-state index is -0.998. The average Bonchev–Trinajstić information content (AvgIpc) is 2.78. The summed E-state index contributed by atoms with van der Waals surface area (Å²) >= 11 is 0. The maximum atomic E-state index is 13.2. The molecule has 5 heteroatoms. The highest BCUT2D eigenvalue weighted by Crippen LogP contribution is 2.28. The Morgan fingerprint density at radius 1 is 1.35 bits per heavy atom. The van der Waals surface area contributed by atoms with Crippen LogP contribution in [0, 0.1) is 12.7 Å². The van der Waals surface area contributed by atoms with E-state index in [1.807, 2.05) is 0 Å². The van der Waals surface area contributed by atoms with Crippen molar-refractivity contribution in [1.82, 2.24) is 9.78 Å². The van der Waals surface area contributed by atoms with Gasteiger partial charge in [-0.15, -0.1) is 0 Å². The van der Waals surface area contributed by atoms with Crippen molar-refractivity contribution < 1.29 is 14.3 Å². The number of aromatic carboxylic acids is 1. The number of carboxylic acids is 1. The zero-order valence-corrected chi connectivity index (χ0v) is 11.2. The highest BCUT2D eigenvalue weighted by atomic mass is 19.1. The van der Waals surface area contributed by atoms with Crippen LogP contribution in [0.2, 0.25) is 0 Å². The van der Waals surface area contributed by atoms with Crippen molar-refractivity contribution in [3.05, 3.63) is 46.5 Å². The van der Waals surface area contributed by atoms with Crippen LogP contribution >= 0.6 is 0 Å². The number of carbonyl (C=O) groups is 1. The molecule has 1 aromatic carbocycles. The molecule has 0 bridgehead atoms. The Morgan fingerprint density at radius 3 is 2.80 bits per heavy atom. The van der Waals surface area contributed by atoms with Gasteiger partial charge in [-0.3, -0.25) is 0 Å². The van der Waals surface area contributed by atoms with Crippen LogP contribution < -0.4 is 0 Å². The molecule has 0 saturated carbocycles. The molecule has 0 saturated heterocycles. The number of benzene rings is 1. The molecule has 0 aliphatic heterocycles. The third kappa shape index (κ3) is 1.99. The molecule has 1 heterocycles. The molecule has 20 heavy (non-hydrogen) atoms. The molecule has 1 aromatic heterocycles. The summed E-state index contributed by atoms with van der Waals surface area (Å²) in [5, 5.41) is 13.5. The number of rotatable bonds is 2.